The van der Waals surface area contributed by atoms with Gasteiger partial charge in [-0.25, -0.2) is 4.99 Å². The fourth-order valence-electron chi connectivity index (χ4n) is 4.35. The molecule has 2 aliphatic heterocycles. The van der Waals surface area contributed by atoms with E-state index >= 15 is 0 Å². The second kappa shape index (κ2) is 7.16. The van der Waals surface area contributed by atoms with Crippen LogP contribution in [0.15, 0.2) is 96.0 Å². The Morgan fingerprint density at radius 3 is 2.00 bits per heavy atom. The van der Waals surface area contributed by atoms with Crippen molar-refractivity contribution in [3.63, 3.8) is 0 Å². The van der Waals surface area contributed by atoms with Crippen molar-refractivity contribution >= 4 is 5.96 Å². The normalized spacial score (nSPS) is 23.6. The zero-order valence-corrected chi connectivity index (χ0v) is 16.1. The van der Waals surface area contributed by atoms with E-state index in [0.29, 0.717) is 6.04 Å². The Hall–Kier alpha value is -3.07. The summed E-state index contributed by atoms with van der Waals surface area (Å²) in [5.74, 6) is 1.13. The molecule has 28 heavy (non-hydrogen) atoms. The minimum atomic E-state index is 0.126. The van der Waals surface area contributed by atoms with Gasteiger partial charge in [-0.3, -0.25) is 0 Å². The topological polar surface area (TPSA) is 18.6 Å². The van der Waals surface area contributed by atoms with E-state index in [4.69, 9.17) is 4.99 Å². The van der Waals surface area contributed by atoms with Gasteiger partial charge >= 0.3 is 0 Å². The third kappa shape index (κ3) is 3.18. The third-order valence-corrected chi connectivity index (χ3v) is 5.85. The third-order valence-electron chi connectivity index (χ3n) is 5.85. The van der Waals surface area contributed by atoms with Gasteiger partial charge in [-0.15, -0.1) is 0 Å². The summed E-state index contributed by atoms with van der Waals surface area (Å²) in [5, 5.41) is 0. The largest absolute Gasteiger partial charge is 0.336 e. The average Bonchev–Trinajstić information content (AvgIpc) is 3.42. The van der Waals surface area contributed by atoms with Gasteiger partial charge in [-0.2, -0.15) is 0 Å². The first-order valence-corrected chi connectivity index (χ1v) is 10.0. The number of rotatable bonds is 4. The molecule has 0 spiro atoms. The molecule has 0 amide bonds. The standard InChI is InChI=1S/C25H25N3/c1-27-24(21-15-9-4-10-16-21)23(20-13-7-3-8-14-20)26-25(27)28-18-22(28)17-19-11-5-2-6-12-19/h2-16,22-24H,17-18H2,1H3/t22-,23-,24-,28?/m0/s1. The molecule has 0 aliphatic carbocycles. The summed E-state index contributed by atoms with van der Waals surface area (Å²) in [7, 11) is 2.19. The van der Waals surface area contributed by atoms with Gasteiger partial charge in [-0.05, 0) is 23.1 Å². The van der Waals surface area contributed by atoms with E-state index in [2.05, 4.69) is 108 Å². The fraction of sp³-hybridized carbons (Fsp3) is 0.240. The zero-order valence-electron chi connectivity index (χ0n) is 16.1. The Labute approximate surface area is 167 Å². The first kappa shape index (κ1) is 17.1. The van der Waals surface area contributed by atoms with E-state index in [1.807, 2.05) is 0 Å². The van der Waals surface area contributed by atoms with E-state index < -0.39 is 0 Å². The van der Waals surface area contributed by atoms with Gasteiger partial charge in [0.05, 0.1) is 12.1 Å². The van der Waals surface area contributed by atoms with Gasteiger partial charge in [0, 0.05) is 13.6 Å². The molecular formula is C25H25N3. The number of likely N-dealkylation sites (N-methyl/N-ethyl adjacent to an activating group) is 1. The summed E-state index contributed by atoms with van der Waals surface area (Å²) in [6.45, 7) is 1.08. The molecule has 140 valence electrons. The average molecular weight is 367 g/mol. The highest BCUT2D eigenvalue weighted by atomic mass is 15.5. The molecule has 0 unspecified atom stereocenters. The van der Waals surface area contributed by atoms with Crippen LogP contribution in [0.1, 0.15) is 28.8 Å². The maximum Gasteiger partial charge on any atom is 0.198 e. The van der Waals surface area contributed by atoms with Crippen molar-refractivity contribution < 1.29 is 0 Å². The number of hydrogen-bond donors (Lipinski definition) is 0. The van der Waals surface area contributed by atoms with E-state index in [1.165, 1.54) is 16.7 Å². The minimum Gasteiger partial charge on any atom is -0.336 e. The molecule has 1 saturated heterocycles. The monoisotopic (exact) mass is 367 g/mol. The molecule has 3 aromatic carbocycles. The summed E-state index contributed by atoms with van der Waals surface area (Å²) >= 11 is 0. The highest BCUT2D eigenvalue weighted by Crippen LogP contribution is 2.43. The lowest BCUT2D eigenvalue weighted by atomic mass is 9.94. The lowest BCUT2D eigenvalue weighted by Gasteiger charge is -2.27. The SMILES string of the molecule is CN1C(N2C[C@@H]2Cc2ccccc2)=N[C@@H](c2ccccc2)[C@@H]1c1ccccc1. The molecular weight excluding hydrogens is 342 g/mol. The molecule has 0 aromatic heterocycles. The van der Waals surface area contributed by atoms with Crippen LogP contribution in [0.5, 0.6) is 0 Å². The summed E-state index contributed by atoms with van der Waals surface area (Å²) < 4.78 is 0. The lowest BCUT2D eigenvalue weighted by Crippen LogP contribution is -2.33. The van der Waals surface area contributed by atoms with Crippen molar-refractivity contribution in [1.29, 1.82) is 0 Å². The fourth-order valence-corrected chi connectivity index (χ4v) is 4.35. The quantitative estimate of drug-likeness (QED) is 0.623. The second-order valence-electron chi connectivity index (χ2n) is 7.75. The Balaban J connectivity index is 1.42. The van der Waals surface area contributed by atoms with Crippen molar-refractivity contribution in [1.82, 2.24) is 9.80 Å². The Bertz CT molecular complexity index is 953. The molecule has 0 N–H and O–H groups in total. The molecule has 0 bridgehead atoms. The highest BCUT2D eigenvalue weighted by Gasteiger charge is 2.45. The molecule has 0 radical (unpaired) electrons. The Kier molecular flexibility index (Phi) is 4.36. The van der Waals surface area contributed by atoms with Gasteiger partial charge in [0.2, 0.25) is 0 Å². The number of nitrogens with zero attached hydrogens (tertiary/aromatic N) is 3. The molecule has 3 heteroatoms. The van der Waals surface area contributed by atoms with E-state index in [0.717, 1.165) is 18.9 Å². The van der Waals surface area contributed by atoms with Crippen molar-refractivity contribution in [2.24, 2.45) is 4.99 Å². The van der Waals surface area contributed by atoms with E-state index in [-0.39, 0.29) is 12.1 Å². The molecule has 3 nitrogen and oxygen atoms in total. The van der Waals surface area contributed by atoms with Crippen LogP contribution >= 0.6 is 0 Å². The summed E-state index contributed by atoms with van der Waals surface area (Å²) in [6, 6.07) is 33.1. The highest BCUT2D eigenvalue weighted by molar-refractivity contribution is 5.85. The number of guanidine groups is 1. The van der Waals surface area contributed by atoms with Gasteiger partial charge in [0.25, 0.3) is 0 Å². The van der Waals surface area contributed by atoms with Crippen molar-refractivity contribution in [2.45, 2.75) is 24.5 Å². The van der Waals surface area contributed by atoms with Gasteiger partial charge in [0.1, 0.15) is 6.04 Å². The minimum absolute atomic E-state index is 0.126. The van der Waals surface area contributed by atoms with Gasteiger partial charge < -0.3 is 9.80 Å². The summed E-state index contributed by atoms with van der Waals surface area (Å²) in [6.07, 6.45) is 1.08. The maximum absolute atomic E-state index is 5.22. The van der Waals surface area contributed by atoms with Gasteiger partial charge in [0.15, 0.2) is 5.96 Å². The molecule has 1 fully saturated rings. The van der Waals surface area contributed by atoms with Crippen LogP contribution in [-0.4, -0.2) is 35.4 Å². The first-order chi connectivity index (χ1) is 13.8. The Morgan fingerprint density at radius 2 is 1.36 bits per heavy atom. The molecule has 2 heterocycles. The number of benzene rings is 3. The van der Waals surface area contributed by atoms with E-state index in [9.17, 15) is 0 Å². The molecule has 2 aliphatic rings. The van der Waals surface area contributed by atoms with Crippen LogP contribution in [0.3, 0.4) is 0 Å². The predicted octanol–water partition coefficient (Wildman–Crippen LogP) is 4.70. The van der Waals surface area contributed by atoms with Crippen molar-refractivity contribution in [3.05, 3.63) is 108 Å². The molecule has 5 rings (SSSR count). The summed E-state index contributed by atoms with van der Waals surface area (Å²) in [4.78, 5) is 10.0. The van der Waals surface area contributed by atoms with Crippen LogP contribution in [0.25, 0.3) is 0 Å². The van der Waals surface area contributed by atoms with Crippen LogP contribution < -0.4 is 0 Å². The molecule has 3 atom stereocenters. The van der Waals surface area contributed by atoms with Crippen molar-refractivity contribution in [3.8, 4) is 0 Å². The lowest BCUT2D eigenvalue weighted by molar-refractivity contribution is 0.347. The maximum atomic E-state index is 5.22. The zero-order chi connectivity index (χ0) is 18.9. The van der Waals surface area contributed by atoms with Crippen LogP contribution in [0, 0.1) is 0 Å². The van der Waals surface area contributed by atoms with Crippen molar-refractivity contribution in [2.75, 3.05) is 13.6 Å². The van der Waals surface area contributed by atoms with Crippen LogP contribution in [-0.2, 0) is 6.42 Å². The number of hydrogen-bond acceptors (Lipinski definition) is 3. The first-order valence-electron chi connectivity index (χ1n) is 10.0. The predicted molar refractivity (Wildman–Crippen MR) is 114 cm³/mol. The summed E-state index contributed by atoms with van der Waals surface area (Å²) in [5.41, 5.74) is 3.99. The van der Waals surface area contributed by atoms with Crippen LogP contribution in [0.4, 0.5) is 0 Å². The Morgan fingerprint density at radius 1 is 0.786 bits per heavy atom. The van der Waals surface area contributed by atoms with Crippen LogP contribution in [0.2, 0.25) is 0 Å². The molecule has 3 aromatic rings. The second-order valence-corrected chi connectivity index (χ2v) is 7.75. The van der Waals surface area contributed by atoms with E-state index in [1.54, 1.807) is 0 Å². The number of aliphatic imine (C=N–C) groups is 1. The smallest absolute Gasteiger partial charge is 0.198 e. The van der Waals surface area contributed by atoms with Gasteiger partial charge in [-0.1, -0.05) is 91.0 Å². The molecule has 0 saturated carbocycles.